The molecule has 32 heavy (non-hydrogen) atoms. The first-order valence-electron chi connectivity index (χ1n) is 10.5. The van der Waals surface area contributed by atoms with Crippen molar-refractivity contribution in [2.24, 2.45) is 0 Å². The predicted octanol–water partition coefficient (Wildman–Crippen LogP) is 3.91. The summed E-state index contributed by atoms with van der Waals surface area (Å²) >= 11 is 0. The maximum atomic E-state index is 12.9. The smallest absolute Gasteiger partial charge is 0.265 e. The third kappa shape index (κ3) is 4.70. The van der Waals surface area contributed by atoms with E-state index in [1.807, 2.05) is 60.7 Å². The van der Waals surface area contributed by atoms with Crippen LogP contribution in [0.15, 0.2) is 78.9 Å². The SMILES string of the molecule is CC(=O)c1ccc2c(c1)N(CCC(=O)NC(c1ccccc1)c1ccccc1)C(=O)CO2. The van der Waals surface area contributed by atoms with Gasteiger partial charge < -0.3 is 15.0 Å². The van der Waals surface area contributed by atoms with E-state index in [1.54, 1.807) is 18.2 Å². The number of ketones is 1. The summed E-state index contributed by atoms with van der Waals surface area (Å²) in [7, 11) is 0. The van der Waals surface area contributed by atoms with Gasteiger partial charge in [0.2, 0.25) is 5.91 Å². The Morgan fingerprint density at radius 3 is 2.19 bits per heavy atom. The lowest BCUT2D eigenvalue weighted by Gasteiger charge is -2.30. The van der Waals surface area contributed by atoms with Crippen molar-refractivity contribution in [3.63, 3.8) is 0 Å². The molecule has 1 N–H and O–H groups in total. The molecule has 1 heterocycles. The zero-order chi connectivity index (χ0) is 22.5. The number of ether oxygens (including phenoxy) is 1. The molecule has 1 aliphatic heterocycles. The molecule has 0 aliphatic carbocycles. The minimum Gasteiger partial charge on any atom is -0.482 e. The van der Waals surface area contributed by atoms with Gasteiger partial charge in [-0.3, -0.25) is 14.4 Å². The summed E-state index contributed by atoms with van der Waals surface area (Å²) in [5.74, 6) is 0.0125. The van der Waals surface area contributed by atoms with Gasteiger partial charge in [0.05, 0.1) is 11.7 Å². The Balaban J connectivity index is 1.50. The van der Waals surface area contributed by atoms with Gasteiger partial charge in [0, 0.05) is 18.5 Å². The Bertz CT molecular complexity index is 1090. The van der Waals surface area contributed by atoms with Crippen LogP contribution in [-0.2, 0) is 9.59 Å². The number of carbonyl (C=O) groups excluding carboxylic acids is 3. The van der Waals surface area contributed by atoms with Gasteiger partial charge in [-0.25, -0.2) is 0 Å². The molecular weight excluding hydrogens is 404 g/mol. The number of nitrogens with one attached hydrogen (secondary N) is 1. The summed E-state index contributed by atoms with van der Waals surface area (Å²) in [6, 6.07) is 24.2. The van der Waals surface area contributed by atoms with Crippen molar-refractivity contribution in [3.05, 3.63) is 95.6 Å². The average molecular weight is 428 g/mol. The van der Waals surface area contributed by atoms with Gasteiger partial charge in [-0.2, -0.15) is 0 Å². The third-order valence-electron chi connectivity index (χ3n) is 5.44. The summed E-state index contributed by atoms with van der Waals surface area (Å²) in [6.45, 7) is 1.57. The van der Waals surface area contributed by atoms with Gasteiger partial charge in [0.15, 0.2) is 12.4 Å². The number of nitrogens with zero attached hydrogens (tertiary/aromatic N) is 1. The van der Waals surface area contributed by atoms with E-state index in [4.69, 9.17) is 4.74 Å². The molecule has 4 rings (SSSR count). The van der Waals surface area contributed by atoms with E-state index in [1.165, 1.54) is 11.8 Å². The van der Waals surface area contributed by atoms with Crippen LogP contribution in [0.5, 0.6) is 5.75 Å². The van der Waals surface area contributed by atoms with Gasteiger partial charge in [0.25, 0.3) is 5.91 Å². The van der Waals surface area contributed by atoms with Crippen LogP contribution in [0.3, 0.4) is 0 Å². The number of amides is 2. The minimum absolute atomic E-state index is 0.0926. The van der Waals surface area contributed by atoms with Crippen LogP contribution in [0.1, 0.15) is 40.9 Å². The fourth-order valence-electron chi connectivity index (χ4n) is 3.76. The molecule has 0 unspecified atom stereocenters. The van der Waals surface area contributed by atoms with Crippen LogP contribution >= 0.6 is 0 Å². The molecule has 1 aliphatic rings. The predicted molar refractivity (Wildman–Crippen MR) is 122 cm³/mol. The van der Waals surface area contributed by atoms with E-state index in [9.17, 15) is 14.4 Å². The number of hydrogen-bond donors (Lipinski definition) is 1. The molecule has 0 saturated heterocycles. The zero-order valence-electron chi connectivity index (χ0n) is 17.8. The van der Waals surface area contributed by atoms with Gasteiger partial charge in [0.1, 0.15) is 5.75 Å². The fraction of sp³-hybridized carbons (Fsp3) is 0.192. The first-order chi connectivity index (χ1) is 15.5. The Labute approximate surface area is 186 Å². The van der Waals surface area contributed by atoms with Crippen molar-refractivity contribution < 1.29 is 19.1 Å². The van der Waals surface area contributed by atoms with E-state index >= 15 is 0 Å². The molecule has 3 aromatic carbocycles. The standard InChI is InChI=1S/C26H24N2O4/c1-18(29)21-12-13-23-22(16-21)28(25(31)17-32-23)15-14-24(30)27-26(19-8-4-2-5-9-19)20-10-6-3-7-11-20/h2-13,16,26H,14-15,17H2,1H3,(H,27,30). The molecule has 0 atom stereocenters. The normalized spacial score (nSPS) is 12.8. The van der Waals surface area contributed by atoms with E-state index in [2.05, 4.69) is 5.32 Å². The molecule has 0 saturated carbocycles. The molecule has 6 nitrogen and oxygen atoms in total. The van der Waals surface area contributed by atoms with E-state index in [0.717, 1.165) is 11.1 Å². The van der Waals surface area contributed by atoms with Crippen molar-refractivity contribution in [2.45, 2.75) is 19.4 Å². The minimum atomic E-state index is -0.290. The van der Waals surface area contributed by atoms with E-state index in [0.29, 0.717) is 17.0 Å². The zero-order valence-corrected chi connectivity index (χ0v) is 17.8. The third-order valence-corrected chi connectivity index (χ3v) is 5.44. The van der Waals surface area contributed by atoms with Crippen LogP contribution < -0.4 is 15.0 Å². The molecule has 0 spiro atoms. The number of Topliss-reactive ketones (excluding diaryl/α,β-unsaturated/α-hetero) is 1. The number of fused-ring (bicyclic) bond motifs is 1. The highest BCUT2D eigenvalue weighted by Gasteiger charge is 2.27. The van der Waals surface area contributed by atoms with Crippen molar-refractivity contribution in [2.75, 3.05) is 18.1 Å². The van der Waals surface area contributed by atoms with Crippen molar-refractivity contribution >= 4 is 23.3 Å². The van der Waals surface area contributed by atoms with Gasteiger partial charge in [-0.1, -0.05) is 60.7 Å². The maximum absolute atomic E-state index is 12.9. The molecule has 3 aromatic rings. The summed E-state index contributed by atoms with van der Waals surface area (Å²) in [4.78, 5) is 38.7. The summed E-state index contributed by atoms with van der Waals surface area (Å²) in [5, 5.41) is 3.10. The van der Waals surface area contributed by atoms with Crippen LogP contribution in [0.25, 0.3) is 0 Å². The van der Waals surface area contributed by atoms with Crippen LogP contribution in [0, 0.1) is 0 Å². The molecule has 162 valence electrons. The average Bonchev–Trinajstić information content (AvgIpc) is 2.82. The Morgan fingerprint density at radius 2 is 1.59 bits per heavy atom. The summed E-state index contributed by atoms with van der Waals surface area (Å²) in [5.41, 5.74) is 2.96. The Morgan fingerprint density at radius 1 is 0.969 bits per heavy atom. The van der Waals surface area contributed by atoms with E-state index < -0.39 is 0 Å². The summed E-state index contributed by atoms with van der Waals surface area (Å²) in [6.07, 6.45) is 0.117. The van der Waals surface area contributed by atoms with Crippen molar-refractivity contribution in [1.29, 1.82) is 0 Å². The second-order valence-electron chi connectivity index (χ2n) is 7.64. The van der Waals surface area contributed by atoms with Crippen LogP contribution in [0.4, 0.5) is 5.69 Å². The monoisotopic (exact) mass is 428 g/mol. The molecule has 0 aromatic heterocycles. The highest BCUT2D eigenvalue weighted by Crippen LogP contribution is 2.33. The highest BCUT2D eigenvalue weighted by atomic mass is 16.5. The largest absolute Gasteiger partial charge is 0.482 e. The van der Waals surface area contributed by atoms with Crippen molar-refractivity contribution in [1.82, 2.24) is 5.32 Å². The van der Waals surface area contributed by atoms with Gasteiger partial charge in [-0.05, 0) is 36.2 Å². The second kappa shape index (κ2) is 9.47. The number of benzene rings is 3. The molecular formula is C26H24N2O4. The summed E-state index contributed by atoms with van der Waals surface area (Å²) < 4.78 is 5.48. The second-order valence-corrected chi connectivity index (χ2v) is 7.64. The fourth-order valence-corrected chi connectivity index (χ4v) is 3.76. The number of carbonyl (C=O) groups is 3. The van der Waals surface area contributed by atoms with Gasteiger partial charge >= 0.3 is 0 Å². The van der Waals surface area contributed by atoms with Gasteiger partial charge in [-0.15, -0.1) is 0 Å². The lowest BCUT2D eigenvalue weighted by Crippen LogP contribution is -2.41. The molecule has 6 heteroatoms. The Hall–Kier alpha value is -3.93. The lowest BCUT2D eigenvalue weighted by atomic mass is 9.98. The first-order valence-corrected chi connectivity index (χ1v) is 10.5. The maximum Gasteiger partial charge on any atom is 0.265 e. The highest BCUT2D eigenvalue weighted by molar-refractivity contribution is 6.01. The number of anilines is 1. The van der Waals surface area contributed by atoms with E-state index in [-0.39, 0.29) is 43.2 Å². The quantitative estimate of drug-likeness (QED) is 0.579. The number of hydrogen-bond acceptors (Lipinski definition) is 4. The number of rotatable bonds is 7. The molecule has 0 fully saturated rings. The first kappa shape index (κ1) is 21.3. The topological polar surface area (TPSA) is 75.7 Å². The van der Waals surface area contributed by atoms with Crippen LogP contribution in [-0.4, -0.2) is 30.7 Å². The Kier molecular flexibility index (Phi) is 6.31. The van der Waals surface area contributed by atoms with Crippen molar-refractivity contribution in [3.8, 4) is 5.75 Å². The van der Waals surface area contributed by atoms with Crippen LogP contribution in [0.2, 0.25) is 0 Å². The molecule has 0 bridgehead atoms. The molecule has 0 radical (unpaired) electrons. The molecule has 2 amide bonds. The lowest BCUT2D eigenvalue weighted by molar-refractivity contribution is -0.122.